The lowest BCUT2D eigenvalue weighted by molar-refractivity contribution is 1.38. The van der Waals surface area contributed by atoms with Crippen molar-refractivity contribution in [2.24, 2.45) is 0 Å². The Kier molecular flexibility index (Phi) is 3.57. The highest BCUT2D eigenvalue weighted by molar-refractivity contribution is 6.32. The van der Waals surface area contributed by atoms with Crippen molar-refractivity contribution in [2.75, 3.05) is 0 Å². The first-order valence-electron chi connectivity index (χ1n) is 7.52. The third kappa shape index (κ3) is 2.71. The van der Waals surface area contributed by atoms with E-state index in [0.717, 1.165) is 27.2 Å². The van der Waals surface area contributed by atoms with Gasteiger partial charge in [0.1, 0.15) is 0 Å². The van der Waals surface area contributed by atoms with Crippen LogP contribution in [0.2, 0.25) is 5.02 Å². The van der Waals surface area contributed by atoms with Crippen LogP contribution >= 0.6 is 11.6 Å². The summed E-state index contributed by atoms with van der Waals surface area (Å²) < 4.78 is 0. The van der Waals surface area contributed by atoms with E-state index < -0.39 is 0 Å². The number of pyridine rings is 1. The normalized spacial score (nSPS) is 11.5. The quantitative estimate of drug-likeness (QED) is 0.401. The number of fused-ring (bicyclic) bond motifs is 3. The van der Waals surface area contributed by atoms with E-state index in [0.29, 0.717) is 0 Å². The molecular weight excluding hydrogens is 302 g/mol. The van der Waals surface area contributed by atoms with Gasteiger partial charge in [-0.25, -0.2) is 4.98 Å². The highest BCUT2D eigenvalue weighted by Gasteiger charge is 2.02. The first-order valence-corrected chi connectivity index (χ1v) is 7.90. The number of hydrogen-bond donors (Lipinski definition) is 0. The van der Waals surface area contributed by atoms with Crippen molar-refractivity contribution in [2.45, 2.75) is 0 Å². The molecule has 0 bridgehead atoms. The van der Waals surface area contributed by atoms with Gasteiger partial charge in [-0.3, -0.25) is 0 Å². The van der Waals surface area contributed by atoms with E-state index in [4.69, 9.17) is 16.6 Å². The molecule has 4 aromatic rings. The largest absolute Gasteiger partial charge is 0.248 e. The number of benzene rings is 3. The average molecular weight is 316 g/mol. The predicted molar refractivity (Wildman–Crippen MR) is 99.6 cm³/mol. The zero-order valence-electron chi connectivity index (χ0n) is 12.4. The molecule has 0 amide bonds. The van der Waals surface area contributed by atoms with Crippen molar-refractivity contribution in [3.8, 4) is 0 Å². The summed E-state index contributed by atoms with van der Waals surface area (Å²) >= 11 is 6.19. The summed E-state index contributed by atoms with van der Waals surface area (Å²) in [4.78, 5) is 4.82. The van der Waals surface area contributed by atoms with Crippen LogP contribution in [0.3, 0.4) is 0 Å². The summed E-state index contributed by atoms with van der Waals surface area (Å²) in [5.41, 5.74) is 2.95. The van der Waals surface area contributed by atoms with Gasteiger partial charge in [-0.05, 0) is 29.2 Å². The molecule has 4 rings (SSSR count). The SMILES string of the molecule is Clc1ccccc1/C=C/c1ccc2ccc3ccccc3c2n1. The lowest BCUT2D eigenvalue weighted by Gasteiger charge is -2.04. The molecule has 1 nitrogen and oxygen atoms in total. The van der Waals surface area contributed by atoms with E-state index in [9.17, 15) is 0 Å². The van der Waals surface area contributed by atoms with Gasteiger partial charge in [0.2, 0.25) is 0 Å². The van der Waals surface area contributed by atoms with Crippen molar-refractivity contribution in [1.29, 1.82) is 0 Å². The Morgan fingerprint density at radius 2 is 1.43 bits per heavy atom. The molecule has 0 aliphatic carbocycles. The molecule has 0 N–H and O–H groups in total. The van der Waals surface area contributed by atoms with Gasteiger partial charge in [-0.15, -0.1) is 0 Å². The molecule has 1 aromatic heterocycles. The lowest BCUT2D eigenvalue weighted by Crippen LogP contribution is -1.85. The molecule has 1 heterocycles. The van der Waals surface area contributed by atoms with Crippen molar-refractivity contribution < 1.29 is 0 Å². The summed E-state index contributed by atoms with van der Waals surface area (Å²) in [6.07, 6.45) is 4.00. The molecule has 0 fully saturated rings. The smallest absolute Gasteiger partial charge is 0.0787 e. The van der Waals surface area contributed by atoms with E-state index in [1.807, 2.05) is 42.5 Å². The molecular formula is C21H14ClN. The number of aromatic nitrogens is 1. The Balaban J connectivity index is 1.82. The number of rotatable bonds is 2. The van der Waals surface area contributed by atoms with E-state index in [-0.39, 0.29) is 0 Å². The zero-order chi connectivity index (χ0) is 15.6. The maximum absolute atomic E-state index is 6.19. The van der Waals surface area contributed by atoms with E-state index in [2.05, 4.69) is 42.5 Å². The van der Waals surface area contributed by atoms with Crippen LogP contribution < -0.4 is 0 Å². The van der Waals surface area contributed by atoms with Crippen LogP contribution in [0.1, 0.15) is 11.3 Å². The van der Waals surface area contributed by atoms with Crippen molar-refractivity contribution in [3.63, 3.8) is 0 Å². The first kappa shape index (κ1) is 14.0. The molecule has 0 saturated heterocycles. The molecule has 0 atom stereocenters. The summed E-state index contributed by atoms with van der Waals surface area (Å²) in [7, 11) is 0. The Morgan fingerprint density at radius 1 is 0.696 bits per heavy atom. The molecule has 23 heavy (non-hydrogen) atoms. The van der Waals surface area contributed by atoms with Crippen LogP contribution in [0.4, 0.5) is 0 Å². The molecule has 0 radical (unpaired) electrons. The Morgan fingerprint density at radius 3 is 2.35 bits per heavy atom. The van der Waals surface area contributed by atoms with Crippen molar-refractivity contribution >= 4 is 45.4 Å². The van der Waals surface area contributed by atoms with Gasteiger partial charge in [0.25, 0.3) is 0 Å². The second-order valence-electron chi connectivity index (χ2n) is 5.45. The Labute approximate surface area is 139 Å². The third-order valence-corrected chi connectivity index (χ3v) is 4.29. The summed E-state index contributed by atoms with van der Waals surface area (Å²) in [6.45, 7) is 0. The minimum Gasteiger partial charge on any atom is -0.248 e. The van der Waals surface area contributed by atoms with E-state index in [1.54, 1.807) is 0 Å². The fourth-order valence-corrected chi connectivity index (χ4v) is 2.95. The molecule has 0 spiro atoms. The summed E-state index contributed by atoms with van der Waals surface area (Å²) in [5.74, 6) is 0. The van der Waals surface area contributed by atoms with Crippen LogP contribution in [0.25, 0.3) is 33.8 Å². The number of hydrogen-bond acceptors (Lipinski definition) is 1. The molecule has 0 saturated carbocycles. The number of halogens is 1. The number of nitrogens with zero attached hydrogens (tertiary/aromatic N) is 1. The minimum atomic E-state index is 0.745. The topological polar surface area (TPSA) is 12.9 Å². The van der Waals surface area contributed by atoms with E-state index in [1.165, 1.54) is 10.8 Å². The third-order valence-electron chi connectivity index (χ3n) is 3.95. The highest BCUT2D eigenvalue weighted by Crippen LogP contribution is 2.24. The zero-order valence-corrected chi connectivity index (χ0v) is 13.2. The van der Waals surface area contributed by atoms with Crippen molar-refractivity contribution in [3.05, 3.63) is 89.1 Å². The van der Waals surface area contributed by atoms with Gasteiger partial charge in [0.15, 0.2) is 0 Å². The average Bonchev–Trinajstić information content (AvgIpc) is 2.61. The van der Waals surface area contributed by atoms with Crippen LogP contribution in [0.15, 0.2) is 72.8 Å². The maximum atomic E-state index is 6.19. The Bertz CT molecular complexity index is 1030. The van der Waals surface area contributed by atoms with Crippen LogP contribution in [0, 0.1) is 0 Å². The standard InChI is InChI=1S/C21H14ClN/c22-20-8-4-2-6-16(20)11-13-18-14-12-17-10-9-15-5-1-3-7-19(15)21(17)23-18/h1-14H/b13-11+. The molecule has 0 unspecified atom stereocenters. The van der Waals surface area contributed by atoms with Crippen molar-refractivity contribution in [1.82, 2.24) is 4.98 Å². The fourth-order valence-electron chi connectivity index (χ4n) is 2.75. The molecule has 0 aliphatic heterocycles. The summed E-state index contributed by atoms with van der Waals surface area (Å²) in [6, 6.07) is 24.5. The van der Waals surface area contributed by atoms with Gasteiger partial charge in [-0.2, -0.15) is 0 Å². The van der Waals surface area contributed by atoms with Gasteiger partial charge in [0, 0.05) is 15.8 Å². The maximum Gasteiger partial charge on any atom is 0.0787 e. The van der Waals surface area contributed by atoms with Gasteiger partial charge in [0.05, 0.1) is 11.2 Å². The minimum absolute atomic E-state index is 0.745. The summed E-state index contributed by atoms with van der Waals surface area (Å²) in [5, 5.41) is 4.28. The van der Waals surface area contributed by atoms with Gasteiger partial charge >= 0.3 is 0 Å². The van der Waals surface area contributed by atoms with Crippen LogP contribution in [0.5, 0.6) is 0 Å². The predicted octanol–water partition coefficient (Wildman–Crippen LogP) is 6.21. The highest BCUT2D eigenvalue weighted by atomic mass is 35.5. The fraction of sp³-hybridized carbons (Fsp3) is 0. The van der Waals surface area contributed by atoms with Gasteiger partial charge in [-0.1, -0.05) is 78.3 Å². The first-order chi connectivity index (χ1) is 11.3. The van der Waals surface area contributed by atoms with E-state index >= 15 is 0 Å². The lowest BCUT2D eigenvalue weighted by atomic mass is 10.1. The molecule has 3 aromatic carbocycles. The van der Waals surface area contributed by atoms with Gasteiger partial charge < -0.3 is 0 Å². The van der Waals surface area contributed by atoms with Crippen LogP contribution in [-0.2, 0) is 0 Å². The monoisotopic (exact) mass is 315 g/mol. The molecule has 110 valence electrons. The molecule has 2 heteroatoms. The Hall–Kier alpha value is -2.64. The second-order valence-corrected chi connectivity index (χ2v) is 5.86. The second kappa shape index (κ2) is 5.86. The molecule has 0 aliphatic rings. The van der Waals surface area contributed by atoms with Crippen LogP contribution in [-0.4, -0.2) is 4.98 Å².